The number of hydrogen-bond donors (Lipinski definition) is 2. The fraction of sp³-hybridized carbons (Fsp3) is 0.300. The van der Waals surface area contributed by atoms with Crippen LogP contribution in [0.2, 0.25) is 0 Å². The minimum absolute atomic E-state index is 0.155. The van der Waals surface area contributed by atoms with Crippen LogP contribution in [0.25, 0.3) is 0 Å². The van der Waals surface area contributed by atoms with Crippen molar-refractivity contribution >= 4 is 17.3 Å². The van der Waals surface area contributed by atoms with Gasteiger partial charge in [-0.2, -0.15) is 0 Å². The van der Waals surface area contributed by atoms with E-state index in [2.05, 4.69) is 10.1 Å². The summed E-state index contributed by atoms with van der Waals surface area (Å²) in [4.78, 5) is 21.4. The van der Waals surface area contributed by atoms with Crippen LogP contribution >= 0.6 is 0 Å². The molecule has 1 rings (SSSR count). The van der Waals surface area contributed by atoms with Gasteiger partial charge in [0, 0.05) is 6.07 Å². The monoisotopic (exact) mass is 240 g/mol. The first-order valence-corrected chi connectivity index (χ1v) is 4.78. The molecular weight excluding hydrogens is 228 g/mol. The molecule has 92 valence electrons. The Morgan fingerprint density at radius 2 is 2.24 bits per heavy atom. The van der Waals surface area contributed by atoms with Gasteiger partial charge in [-0.05, 0) is 6.07 Å². The van der Waals surface area contributed by atoms with E-state index in [0.717, 1.165) is 0 Å². The molecule has 0 saturated heterocycles. The second-order valence-corrected chi connectivity index (χ2v) is 3.18. The van der Waals surface area contributed by atoms with Crippen LogP contribution in [0.1, 0.15) is 0 Å². The van der Waals surface area contributed by atoms with Gasteiger partial charge in [0.2, 0.25) is 0 Å². The lowest BCUT2D eigenvalue weighted by atomic mass is 10.2. The number of benzene rings is 1. The summed E-state index contributed by atoms with van der Waals surface area (Å²) in [7, 11) is 1.17. The maximum atomic E-state index is 11.2. The molecule has 0 spiro atoms. The van der Waals surface area contributed by atoms with Crippen LogP contribution in [0, 0.1) is 10.1 Å². The van der Waals surface area contributed by atoms with E-state index in [9.17, 15) is 14.9 Å². The van der Waals surface area contributed by atoms with Gasteiger partial charge in [-0.3, -0.25) is 10.1 Å². The van der Waals surface area contributed by atoms with Crippen molar-refractivity contribution in [1.29, 1.82) is 0 Å². The van der Waals surface area contributed by atoms with Gasteiger partial charge in [0.1, 0.15) is 11.7 Å². The van der Waals surface area contributed by atoms with E-state index in [1.165, 1.54) is 25.3 Å². The van der Waals surface area contributed by atoms with Gasteiger partial charge in [0.15, 0.2) is 0 Å². The molecule has 0 aromatic heterocycles. The number of hydrogen-bond acceptors (Lipinski definition) is 6. The SMILES string of the molecule is COC(=O)[C@H](CO)Nc1ccccc1[N+](=O)[O-]. The van der Waals surface area contributed by atoms with Gasteiger partial charge >= 0.3 is 5.97 Å². The zero-order chi connectivity index (χ0) is 12.8. The van der Waals surface area contributed by atoms with Crippen molar-refractivity contribution in [2.24, 2.45) is 0 Å². The Hall–Kier alpha value is -2.15. The van der Waals surface area contributed by atoms with Crippen molar-refractivity contribution in [2.75, 3.05) is 19.0 Å². The molecule has 0 heterocycles. The molecule has 7 heteroatoms. The van der Waals surface area contributed by atoms with Crippen LogP contribution in [0.3, 0.4) is 0 Å². The number of para-hydroxylation sites is 2. The number of carbonyl (C=O) groups is 1. The molecule has 1 atom stereocenters. The second kappa shape index (κ2) is 5.80. The number of aliphatic hydroxyl groups is 1. The molecule has 0 amide bonds. The first kappa shape index (κ1) is 12.9. The van der Waals surface area contributed by atoms with Gasteiger partial charge in [0.05, 0.1) is 18.6 Å². The molecular formula is C10H12N2O5. The third-order valence-corrected chi connectivity index (χ3v) is 2.10. The van der Waals surface area contributed by atoms with Crippen molar-refractivity contribution in [3.8, 4) is 0 Å². The Bertz CT molecular complexity index is 421. The van der Waals surface area contributed by atoms with E-state index in [0.29, 0.717) is 0 Å². The summed E-state index contributed by atoms with van der Waals surface area (Å²) in [6.45, 7) is -0.515. The summed E-state index contributed by atoms with van der Waals surface area (Å²) < 4.78 is 4.44. The summed E-state index contributed by atoms with van der Waals surface area (Å²) in [5.41, 5.74) is -0.0168. The molecule has 0 unspecified atom stereocenters. The normalized spacial score (nSPS) is 11.6. The van der Waals surface area contributed by atoms with Crippen LogP contribution in [0.5, 0.6) is 0 Å². The predicted molar refractivity (Wildman–Crippen MR) is 59.6 cm³/mol. The van der Waals surface area contributed by atoms with Gasteiger partial charge in [-0.15, -0.1) is 0 Å². The highest BCUT2D eigenvalue weighted by molar-refractivity contribution is 5.80. The van der Waals surface area contributed by atoms with E-state index >= 15 is 0 Å². The topological polar surface area (TPSA) is 102 Å². The van der Waals surface area contributed by atoms with Gasteiger partial charge in [0.25, 0.3) is 5.69 Å². The number of aliphatic hydroxyl groups excluding tert-OH is 1. The Kier molecular flexibility index (Phi) is 4.41. The van der Waals surface area contributed by atoms with Crippen LogP contribution in [-0.4, -0.2) is 35.8 Å². The molecule has 7 nitrogen and oxygen atoms in total. The lowest BCUT2D eigenvalue weighted by Gasteiger charge is -2.14. The zero-order valence-electron chi connectivity index (χ0n) is 9.12. The molecule has 0 saturated carbocycles. The maximum Gasteiger partial charge on any atom is 0.330 e. The number of anilines is 1. The molecule has 1 aromatic carbocycles. The number of rotatable bonds is 5. The molecule has 0 fully saturated rings. The summed E-state index contributed by atoms with van der Waals surface area (Å²) >= 11 is 0. The summed E-state index contributed by atoms with van der Waals surface area (Å²) in [6.07, 6.45) is 0. The van der Waals surface area contributed by atoms with Crippen molar-refractivity contribution < 1.29 is 19.6 Å². The number of nitrogens with one attached hydrogen (secondary N) is 1. The quantitative estimate of drug-likeness (QED) is 0.442. The Morgan fingerprint density at radius 1 is 1.59 bits per heavy atom. The molecule has 0 aliphatic rings. The molecule has 0 aliphatic carbocycles. The maximum absolute atomic E-state index is 11.2. The van der Waals surface area contributed by atoms with E-state index in [-0.39, 0.29) is 11.4 Å². The number of nitrogens with zero attached hydrogens (tertiary/aromatic N) is 1. The predicted octanol–water partition coefficient (Wildman–Crippen LogP) is 0.541. The highest BCUT2D eigenvalue weighted by Gasteiger charge is 2.21. The number of carbonyl (C=O) groups excluding carboxylic acids is 1. The average molecular weight is 240 g/mol. The van der Waals surface area contributed by atoms with Crippen LogP contribution < -0.4 is 5.32 Å². The Morgan fingerprint density at radius 3 is 2.76 bits per heavy atom. The van der Waals surface area contributed by atoms with Crippen LogP contribution in [-0.2, 0) is 9.53 Å². The third kappa shape index (κ3) is 3.15. The van der Waals surface area contributed by atoms with E-state index in [1.807, 2.05) is 0 Å². The lowest BCUT2D eigenvalue weighted by Crippen LogP contribution is -2.34. The first-order chi connectivity index (χ1) is 8.10. The number of ether oxygens (including phenoxy) is 1. The summed E-state index contributed by atoms with van der Waals surface area (Å²) in [5, 5.41) is 22.3. The smallest absolute Gasteiger partial charge is 0.330 e. The average Bonchev–Trinajstić information content (AvgIpc) is 2.35. The summed E-state index contributed by atoms with van der Waals surface area (Å²) in [6, 6.07) is 4.81. The number of nitro benzene ring substituents is 1. The molecule has 1 aromatic rings. The van der Waals surface area contributed by atoms with Crippen LogP contribution in [0.4, 0.5) is 11.4 Å². The number of methoxy groups -OCH3 is 1. The number of esters is 1. The van der Waals surface area contributed by atoms with E-state index in [1.54, 1.807) is 6.07 Å². The third-order valence-electron chi connectivity index (χ3n) is 2.10. The van der Waals surface area contributed by atoms with Crippen molar-refractivity contribution in [1.82, 2.24) is 0 Å². The zero-order valence-corrected chi connectivity index (χ0v) is 9.12. The van der Waals surface area contributed by atoms with E-state index < -0.39 is 23.5 Å². The number of nitro groups is 1. The van der Waals surface area contributed by atoms with E-state index in [4.69, 9.17) is 5.11 Å². The first-order valence-electron chi connectivity index (χ1n) is 4.78. The molecule has 17 heavy (non-hydrogen) atoms. The highest BCUT2D eigenvalue weighted by atomic mass is 16.6. The van der Waals surface area contributed by atoms with Crippen molar-refractivity contribution in [2.45, 2.75) is 6.04 Å². The highest BCUT2D eigenvalue weighted by Crippen LogP contribution is 2.23. The standard InChI is InChI=1S/C10H12N2O5/c1-17-10(14)8(6-13)11-7-4-2-3-5-9(7)12(15)16/h2-5,8,11,13H,6H2,1H3/t8-/m0/s1. The van der Waals surface area contributed by atoms with Crippen molar-refractivity contribution in [3.63, 3.8) is 0 Å². The molecule has 0 aliphatic heterocycles. The Balaban J connectivity index is 2.93. The lowest BCUT2D eigenvalue weighted by molar-refractivity contribution is -0.384. The van der Waals surface area contributed by atoms with Gasteiger partial charge < -0.3 is 15.2 Å². The fourth-order valence-electron chi connectivity index (χ4n) is 1.26. The minimum Gasteiger partial charge on any atom is -0.467 e. The van der Waals surface area contributed by atoms with Gasteiger partial charge in [-0.1, -0.05) is 12.1 Å². The fourth-order valence-corrected chi connectivity index (χ4v) is 1.26. The summed E-state index contributed by atoms with van der Waals surface area (Å²) in [5.74, 6) is -0.689. The van der Waals surface area contributed by atoms with Crippen molar-refractivity contribution in [3.05, 3.63) is 34.4 Å². The second-order valence-electron chi connectivity index (χ2n) is 3.18. The van der Waals surface area contributed by atoms with Crippen LogP contribution in [0.15, 0.2) is 24.3 Å². The molecule has 2 N–H and O–H groups in total. The largest absolute Gasteiger partial charge is 0.467 e. The Labute approximate surface area is 97.2 Å². The minimum atomic E-state index is -1.03. The molecule has 0 radical (unpaired) electrons. The molecule has 0 bridgehead atoms. The van der Waals surface area contributed by atoms with Gasteiger partial charge in [-0.25, -0.2) is 4.79 Å².